The van der Waals surface area contributed by atoms with Gasteiger partial charge in [0.15, 0.2) is 5.69 Å². The number of sulfonamides is 1. The van der Waals surface area contributed by atoms with E-state index in [0.29, 0.717) is 37.2 Å². The minimum absolute atomic E-state index is 0.0787. The van der Waals surface area contributed by atoms with Crippen molar-refractivity contribution in [1.82, 2.24) is 19.4 Å². The van der Waals surface area contributed by atoms with Crippen LogP contribution in [0.15, 0.2) is 53.4 Å². The second-order valence-corrected chi connectivity index (χ2v) is 10.8. The van der Waals surface area contributed by atoms with Crippen LogP contribution in [0.25, 0.3) is 5.69 Å². The quantitative estimate of drug-likeness (QED) is 0.325. The lowest BCUT2D eigenvalue weighted by atomic mass is 10.2. The van der Waals surface area contributed by atoms with Crippen LogP contribution in [0.5, 0.6) is 11.6 Å². The topological polar surface area (TPSA) is 137 Å². The van der Waals surface area contributed by atoms with Gasteiger partial charge in [0.1, 0.15) is 10.6 Å². The fourth-order valence-electron chi connectivity index (χ4n) is 4.02. The van der Waals surface area contributed by atoms with E-state index < -0.39 is 14.9 Å². The molecule has 1 aromatic heterocycles. The summed E-state index contributed by atoms with van der Waals surface area (Å²) in [6.07, 6.45) is 2.14. The number of hydrogen-bond acceptors (Lipinski definition) is 7. The lowest BCUT2D eigenvalue weighted by molar-refractivity contribution is -0.385. The zero-order valence-electron chi connectivity index (χ0n) is 20.9. The number of carbonyl (C=O) groups is 1. The maximum absolute atomic E-state index is 13.5. The molecule has 1 saturated heterocycles. The van der Waals surface area contributed by atoms with Crippen LogP contribution in [0, 0.1) is 17.0 Å². The summed E-state index contributed by atoms with van der Waals surface area (Å²) in [5.41, 5.74) is 0.749. The van der Waals surface area contributed by atoms with E-state index in [1.54, 1.807) is 31.2 Å². The Labute approximate surface area is 215 Å². The molecule has 1 aliphatic rings. The van der Waals surface area contributed by atoms with E-state index in [4.69, 9.17) is 4.74 Å². The molecule has 1 atom stereocenters. The third-order valence-electron chi connectivity index (χ3n) is 6.30. The Hall–Kier alpha value is -3.77. The lowest BCUT2D eigenvalue weighted by Crippen LogP contribution is -2.32. The van der Waals surface area contributed by atoms with Gasteiger partial charge in [0, 0.05) is 36.8 Å². The van der Waals surface area contributed by atoms with Gasteiger partial charge >= 0.3 is 0 Å². The SMILES string of the molecule is CCC(C)NC(=O)c1nn(-c2ccccc2)c(Oc2ccc([N+](=O)[O-])cc2S(=O)(=O)N2CCCC2)c1C. The first-order valence-electron chi connectivity index (χ1n) is 12.1. The maximum Gasteiger partial charge on any atom is 0.272 e. The van der Waals surface area contributed by atoms with Gasteiger partial charge in [-0.3, -0.25) is 14.9 Å². The van der Waals surface area contributed by atoms with Gasteiger partial charge in [0.2, 0.25) is 15.9 Å². The zero-order chi connectivity index (χ0) is 26.7. The van der Waals surface area contributed by atoms with Crippen LogP contribution >= 0.6 is 0 Å². The molecule has 37 heavy (non-hydrogen) atoms. The molecule has 2 heterocycles. The van der Waals surface area contributed by atoms with E-state index in [2.05, 4.69) is 10.4 Å². The number of nitrogens with zero attached hydrogens (tertiary/aromatic N) is 4. The Kier molecular flexibility index (Phi) is 7.60. The van der Waals surface area contributed by atoms with Crippen LogP contribution < -0.4 is 10.1 Å². The smallest absolute Gasteiger partial charge is 0.272 e. The van der Waals surface area contributed by atoms with Gasteiger partial charge in [-0.25, -0.2) is 8.42 Å². The number of nitro benzene ring substituents is 1. The number of nitrogens with one attached hydrogen (secondary N) is 1. The van der Waals surface area contributed by atoms with Crippen LogP contribution in [0.3, 0.4) is 0 Å². The van der Waals surface area contributed by atoms with E-state index in [-0.39, 0.29) is 39.9 Å². The molecule has 1 unspecified atom stereocenters. The number of para-hydroxylation sites is 1. The van der Waals surface area contributed by atoms with Crippen molar-refractivity contribution in [1.29, 1.82) is 0 Å². The van der Waals surface area contributed by atoms with E-state index in [0.717, 1.165) is 12.5 Å². The average Bonchev–Trinajstić information content (AvgIpc) is 3.54. The van der Waals surface area contributed by atoms with Crippen LogP contribution in [-0.4, -0.2) is 52.5 Å². The van der Waals surface area contributed by atoms with Crippen molar-refractivity contribution in [2.75, 3.05) is 13.1 Å². The largest absolute Gasteiger partial charge is 0.437 e. The first-order valence-corrected chi connectivity index (χ1v) is 13.5. The molecule has 1 aliphatic heterocycles. The lowest BCUT2D eigenvalue weighted by Gasteiger charge is -2.18. The Morgan fingerprint density at radius 2 is 1.86 bits per heavy atom. The number of amides is 1. The van der Waals surface area contributed by atoms with Gasteiger partial charge in [-0.05, 0) is 51.3 Å². The third-order valence-corrected chi connectivity index (χ3v) is 8.22. The number of nitro groups is 1. The summed E-state index contributed by atoms with van der Waals surface area (Å²) in [6, 6.07) is 12.3. The normalized spacial score (nSPS) is 14.9. The first kappa shape index (κ1) is 26.3. The number of non-ortho nitro benzene ring substituents is 1. The first-order chi connectivity index (χ1) is 17.6. The summed E-state index contributed by atoms with van der Waals surface area (Å²) in [7, 11) is -4.07. The summed E-state index contributed by atoms with van der Waals surface area (Å²) in [5, 5.41) is 18.8. The van der Waals surface area contributed by atoms with Gasteiger partial charge in [-0.15, -0.1) is 0 Å². The Balaban J connectivity index is 1.85. The van der Waals surface area contributed by atoms with Crippen LogP contribution in [0.4, 0.5) is 5.69 Å². The second kappa shape index (κ2) is 10.7. The molecule has 2 aromatic carbocycles. The Bertz CT molecular complexity index is 1410. The molecular weight excluding hydrogens is 498 g/mol. The Morgan fingerprint density at radius 3 is 2.49 bits per heavy atom. The predicted molar refractivity (Wildman–Crippen MR) is 137 cm³/mol. The fraction of sp³-hybridized carbons (Fsp3) is 0.360. The van der Waals surface area contributed by atoms with Gasteiger partial charge in [-0.2, -0.15) is 14.1 Å². The molecule has 0 aliphatic carbocycles. The molecule has 3 aromatic rings. The Morgan fingerprint density at radius 1 is 1.19 bits per heavy atom. The molecular formula is C25H29N5O6S. The minimum Gasteiger partial charge on any atom is -0.437 e. The molecule has 1 N–H and O–H groups in total. The van der Waals surface area contributed by atoms with Crippen LogP contribution in [0.2, 0.25) is 0 Å². The van der Waals surface area contributed by atoms with Crippen molar-refractivity contribution in [2.45, 2.75) is 51.0 Å². The maximum atomic E-state index is 13.5. The number of benzene rings is 2. The predicted octanol–water partition coefficient (Wildman–Crippen LogP) is 4.19. The van der Waals surface area contributed by atoms with Gasteiger partial charge in [-0.1, -0.05) is 25.1 Å². The monoisotopic (exact) mass is 527 g/mol. The highest BCUT2D eigenvalue weighted by atomic mass is 32.2. The number of aromatic nitrogens is 2. The standard InChI is InChI=1S/C25H29N5O6S/c1-4-17(2)26-24(31)23-18(3)25(29(27-23)19-10-6-5-7-11-19)36-21-13-12-20(30(32)33)16-22(21)37(34,35)28-14-8-9-15-28/h5-7,10-13,16-17H,4,8-9,14-15H2,1-3H3,(H,26,31). The van der Waals surface area contributed by atoms with Crippen molar-refractivity contribution in [3.8, 4) is 17.3 Å². The van der Waals surface area contributed by atoms with Crippen molar-refractivity contribution in [3.63, 3.8) is 0 Å². The number of hydrogen-bond donors (Lipinski definition) is 1. The fourth-order valence-corrected chi connectivity index (χ4v) is 5.67. The number of carbonyl (C=O) groups excluding carboxylic acids is 1. The highest BCUT2D eigenvalue weighted by Crippen LogP contribution is 2.37. The molecule has 1 amide bonds. The highest BCUT2D eigenvalue weighted by Gasteiger charge is 2.33. The molecule has 0 radical (unpaired) electrons. The second-order valence-electron chi connectivity index (χ2n) is 8.91. The zero-order valence-corrected chi connectivity index (χ0v) is 21.7. The number of rotatable bonds is 9. The molecule has 196 valence electrons. The van der Waals surface area contributed by atoms with Gasteiger partial charge < -0.3 is 10.1 Å². The molecule has 0 bridgehead atoms. The summed E-state index contributed by atoms with van der Waals surface area (Å²) >= 11 is 0. The van der Waals surface area contributed by atoms with E-state index >= 15 is 0 Å². The van der Waals surface area contributed by atoms with Crippen molar-refractivity contribution in [2.24, 2.45) is 0 Å². The molecule has 1 fully saturated rings. The van der Waals surface area contributed by atoms with Crippen molar-refractivity contribution >= 4 is 21.6 Å². The van der Waals surface area contributed by atoms with E-state index in [1.165, 1.54) is 21.1 Å². The van der Waals surface area contributed by atoms with Crippen molar-refractivity contribution < 1.29 is 22.9 Å². The third kappa shape index (κ3) is 5.35. The summed E-state index contributed by atoms with van der Waals surface area (Å²) in [6.45, 7) is 6.14. The van der Waals surface area contributed by atoms with Gasteiger partial charge in [0.25, 0.3) is 11.6 Å². The van der Waals surface area contributed by atoms with E-state index in [9.17, 15) is 23.3 Å². The van der Waals surface area contributed by atoms with Crippen LogP contribution in [0.1, 0.15) is 49.2 Å². The molecule has 11 nitrogen and oxygen atoms in total. The van der Waals surface area contributed by atoms with Gasteiger partial charge in [0.05, 0.1) is 10.6 Å². The summed E-state index contributed by atoms with van der Waals surface area (Å²) in [5.74, 6) is -0.348. The van der Waals surface area contributed by atoms with E-state index in [1.807, 2.05) is 19.9 Å². The summed E-state index contributed by atoms with van der Waals surface area (Å²) < 4.78 is 35.8. The van der Waals surface area contributed by atoms with Crippen molar-refractivity contribution in [3.05, 3.63) is 69.9 Å². The molecule has 0 spiro atoms. The summed E-state index contributed by atoms with van der Waals surface area (Å²) in [4.78, 5) is 23.5. The highest BCUT2D eigenvalue weighted by molar-refractivity contribution is 7.89. The van der Waals surface area contributed by atoms with Crippen LogP contribution in [-0.2, 0) is 10.0 Å². The minimum atomic E-state index is -4.07. The number of ether oxygens (including phenoxy) is 1. The molecule has 4 rings (SSSR count). The molecule has 0 saturated carbocycles. The average molecular weight is 528 g/mol. The molecule has 12 heteroatoms.